The summed E-state index contributed by atoms with van der Waals surface area (Å²) < 4.78 is 30.6. The molecule has 0 amide bonds. The Morgan fingerprint density at radius 2 is 2.20 bits per heavy atom. The lowest BCUT2D eigenvalue weighted by Gasteiger charge is -2.22. The minimum absolute atomic E-state index is 0.138. The first-order valence-electron chi connectivity index (χ1n) is 4.67. The maximum absolute atomic E-state index is 13.1. The van der Waals surface area contributed by atoms with Gasteiger partial charge in [0.15, 0.2) is 5.82 Å². The van der Waals surface area contributed by atoms with Crippen molar-refractivity contribution >= 4 is 0 Å². The molecule has 2 N–H and O–H groups in total. The Morgan fingerprint density at radius 1 is 1.53 bits per heavy atom. The van der Waals surface area contributed by atoms with Crippen molar-refractivity contribution < 1.29 is 13.5 Å². The topological polar surface area (TPSA) is 48.1 Å². The van der Waals surface area contributed by atoms with E-state index in [0.717, 1.165) is 12.3 Å². The number of aromatic nitrogens is 1. The smallest absolute Gasteiger partial charge is 0.250 e. The zero-order valence-corrected chi connectivity index (χ0v) is 8.76. The minimum Gasteiger partial charge on any atom is -0.474 e. The molecule has 15 heavy (non-hydrogen) atoms. The van der Waals surface area contributed by atoms with Crippen molar-refractivity contribution in [3.63, 3.8) is 0 Å². The number of hydrogen-bond donors (Lipinski definition) is 1. The second-order valence-corrected chi connectivity index (χ2v) is 3.74. The van der Waals surface area contributed by atoms with Gasteiger partial charge in [-0.1, -0.05) is 6.92 Å². The van der Waals surface area contributed by atoms with Gasteiger partial charge in [-0.05, 0) is 13.3 Å². The number of halogens is 2. The van der Waals surface area contributed by atoms with Crippen LogP contribution in [-0.4, -0.2) is 17.1 Å². The van der Waals surface area contributed by atoms with Crippen LogP contribution in [0.1, 0.15) is 20.3 Å². The van der Waals surface area contributed by atoms with Gasteiger partial charge >= 0.3 is 0 Å². The molecule has 3 nitrogen and oxygen atoms in total. The van der Waals surface area contributed by atoms with Crippen LogP contribution in [0.5, 0.6) is 5.88 Å². The Kier molecular flexibility index (Phi) is 3.57. The van der Waals surface area contributed by atoms with E-state index in [9.17, 15) is 8.78 Å². The predicted molar refractivity (Wildman–Crippen MR) is 52.5 cm³/mol. The Balaban J connectivity index is 2.66. The van der Waals surface area contributed by atoms with Crippen LogP contribution < -0.4 is 10.5 Å². The third-order valence-corrected chi connectivity index (χ3v) is 2.12. The molecule has 0 radical (unpaired) electrons. The molecule has 1 heterocycles. The first-order chi connectivity index (χ1) is 6.94. The van der Waals surface area contributed by atoms with Crippen LogP contribution in [0.15, 0.2) is 12.3 Å². The Hall–Kier alpha value is -1.23. The van der Waals surface area contributed by atoms with Crippen LogP contribution in [0.25, 0.3) is 0 Å². The summed E-state index contributed by atoms with van der Waals surface area (Å²) in [5, 5.41) is 0. The number of nitrogens with zero attached hydrogens (tertiary/aromatic N) is 1. The molecule has 0 fully saturated rings. The monoisotopic (exact) mass is 216 g/mol. The number of hydrogen-bond acceptors (Lipinski definition) is 3. The molecule has 0 aromatic carbocycles. The van der Waals surface area contributed by atoms with E-state index in [0.29, 0.717) is 6.42 Å². The highest BCUT2D eigenvalue weighted by molar-refractivity contribution is 5.14. The van der Waals surface area contributed by atoms with Gasteiger partial charge < -0.3 is 10.5 Å². The summed E-state index contributed by atoms with van der Waals surface area (Å²) in [4.78, 5) is 3.49. The molecular formula is C10H14F2N2O. The Labute approximate surface area is 87.3 Å². The third kappa shape index (κ3) is 3.43. The Bertz CT molecular complexity index is 342. The highest BCUT2D eigenvalue weighted by Crippen LogP contribution is 2.15. The van der Waals surface area contributed by atoms with Gasteiger partial charge in [-0.3, -0.25) is 0 Å². The van der Waals surface area contributed by atoms with E-state index in [1.165, 1.54) is 0 Å². The van der Waals surface area contributed by atoms with Crippen LogP contribution in [0.3, 0.4) is 0 Å². The molecule has 5 heteroatoms. The zero-order chi connectivity index (χ0) is 11.5. The fourth-order valence-electron chi connectivity index (χ4n) is 0.844. The normalized spacial score (nSPS) is 14.7. The van der Waals surface area contributed by atoms with Crippen molar-refractivity contribution in [1.82, 2.24) is 4.98 Å². The van der Waals surface area contributed by atoms with E-state index in [-0.39, 0.29) is 12.5 Å². The van der Waals surface area contributed by atoms with Crippen molar-refractivity contribution in [2.45, 2.75) is 25.8 Å². The Morgan fingerprint density at radius 3 is 2.73 bits per heavy atom. The molecule has 0 spiro atoms. The quantitative estimate of drug-likeness (QED) is 0.835. The first-order valence-corrected chi connectivity index (χ1v) is 4.67. The van der Waals surface area contributed by atoms with E-state index in [1.807, 2.05) is 6.92 Å². The summed E-state index contributed by atoms with van der Waals surface area (Å²) in [7, 11) is 0. The molecule has 0 aliphatic rings. The van der Waals surface area contributed by atoms with Crippen LogP contribution >= 0.6 is 0 Å². The summed E-state index contributed by atoms with van der Waals surface area (Å²) >= 11 is 0. The summed E-state index contributed by atoms with van der Waals surface area (Å²) in [6, 6.07) is 0.724. The molecule has 0 bridgehead atoms. The molecule has 1 unspecified atom stereocenters. The van der Waals surface area contributed by atoms with Crippen molar-refractivity contribution in [2.24, 2.45) is 5.73 Å². The van der Waals surface area contributed by atoms with Crippen molar-refractivity contribution in [3.05, 3.63) is 23.9 Å². The maximum Gasteiger partial charge on any atom is 0.250 e. The van der Waals surface area contributed by atoms with Gasteiger partial charge in [0, 0.05) is 11.6 Å². The van der Waals surface area contributed by atoms with Gasteiger partial charge in [0.1, 0.15) is 12.4 Å². The standard InChI is InChI=1S/C10H14F2N2O/c1-3-10(2,13)6-15-9-8(12)4-7(11)5-14-9/h4-5H,3,6,13H2,1-2H3. The van der Waals surface area contributed by atoms with Crippen LogP contribution in [-0.2, 0) is 0 Å². The lowest BCUT2D eigenvalue weighted by Crippen LogP contribution is -2.41. The van der Waals surface area contributed by atoms with E-state index >= 15 is 0 Å². The van der Waals surface area contributed by atoms with Crippen LogP contribution in [0.4, 0.5) is 8.78 Å². The maximum atomic E-state index is 13.1. The average Bonchev–Trinajstić information content (AvgIpc) is 2.16. The molecule has 1 aromatic heterocycles. The number of nitrogens with two attached hydrogens (primary N) is 1. The predicted octanol–water partition coefficient (Wildman–Crippen LogP) is 1.87. The average molecular weight is 216 g/mol. The highest BCUT2D eigenvalue weighted by atomic mass is 19.1. The van der Waals surface area contributed by atoms with Gasteiger partial charge in [0.2, 0.25) is 0 Å². The molecule has 1 atom stereocenters. The minimum atomic E-state index is -0.818. The second-order valence-electron chi connectivity index (χ2n) is 3.74. The lowest BCUT2D eigenvalue weighted by molar-refractivity contribution is 0.209. The molecule has 0 aliphatic heterocycles. The molecule has 84 valence electrons. The summed E-state index contributed by atoms with van der Waals surface area (Å²) in [6.45, 7) is 3.82. The fraction of sp³-hybridized carbons (Fsp3) is 0.500. The molecule has 0 saturated heterocycles. The lowest BCUT2D eigenvalue weighted by atomic mass is 10.0. The molecule has 1 rings (SSSR count). The highest BCUT2D eigenvalue weighted by Gasteiger charge is 2.18. The summed E-state index contributed by atoms with van der Waals surface area (Å²) in [6.07, 6.45) is 1.59. The zero-order valence-electron chi connectivity index (χ0n) is 8.76. The number of rotatable bonds is 4. The van der Waals surface area contributed by atoms with Gasteiger partial charge in [0.05, 0.1) is 6.20 Å². The molecule has 0 aliphatic carbocycles. The fourth-order valence-corrected chi connectivity index (χ4v) is 0.844. The summed E-state index contributed by atoms with van der Waals surface area (Å²) in [5.41, 5.74) is 5.26. The van der Waals surface area contributed by atoms with Crippen LogP contribution in [0.2, 0.25) is 0 Å². The van der Waals surface area contributed by atoms with Gasteiger partial charge in [-0.25, -0.2) is 13.8 Å². The second kappa shape index (κ2) is 4.53. The molecular weight excluding hydrogens is 202 g/mol. The van der Waals surface area contributed by atoms with Crippen molar-refractivity contribution in [1.29, 1.82) is 0 Å². The van der Waals surface area contributed by atoms with Crippen molar-refractivity contribution in [2.75, 3.05) is 6.61 Å². The third-order valence-electron chi connectivity index (χ3n) is 2.12. The van der Waals surface area contributed by atoms with Gasteiger partial charge in [0.25, 0.3) is 5.88 Å². The van der Waals surface area contributed by atoms with Crippen molar-refractivity contribution in [3.8, 4) is 5.88 Å². The van der Waals surface area contributed by atoms with Gasteiger partial charge in [-0.15, -0.1) is 0 Å². The van der Waals surface area contributed by atoms with E-state index in [2.05, 4.69) is 4.98 Å². The largest absolute Gasteiger partial charge is 0.474 e. The first kappa shape index (κ1) is 11.8. The van der Waals surface area contributed by atoms with E-state index < -0.39 is 17.2 Å². The molecule has 0 saturated carbocycles. The van der Waals surface area contributed by atoms with Gasteiger partial charge in [-0.2, -0.15) is 0 Å². The number of pyridine rings is 1. The SMILES string of the molecule is CCC(C)(N)COc1ncc(F)cc1F. The number of ether oxygens (including phenoxy) is 1. The van der Waals surface area contributed by atoms with Crippen LogP contribution in [0, 0.1) is 11.6 Å². The van der Waals surface area contributed by atoms with E-state index in [4.69, 9.17) is 10.5 Å². The molecule has 1 aromatic rings. The summed E-state index contributed by atoms with van der Waals surface area (Å²) in [5.74, 6) is -1.77. The van der Waals surface area contributed by atoms with E-state index in [1.54, 1.807) is 6.92 Å².